The predicted octanol–water partition coefficient (Wildman–Crippen LogP) is 2.22. The van der Waals surface area contributed by atoms with Crippen LogP contribution >= 0.6 is 0 Å². The number of urea groups is 1. The van der Waals surface area contributed by atoms with E-state index in [9.17, 15) is 10.0 Å². The summed E-state index contributed by atoms with van der Waals surface area (Å²) in [5, 5.41) is 15.4. The third-order valence-electron chi connectivity index (χ3n) is 4.45. The minimum Gasteiger partial charge on any atom is -0.497 e. The fraction of sp³-hybridized carbons (Fsp3) is 0.235. The Balaban J connectivity index is 1.54. The molecule has 1 saturated heterocycles. The Morgan fingerprint density at radius 3 is 2.84 bits per heavy atom. The molecule has 4 rings (SSSR count). The lowest BCUT2D eigenvalue weighted by Crippen LogP contribution is -2.59. The van der Waals surface area contributed by atoms with Crippen molar-refractivity contribution in [3.05, 3.63) is 54.1 Å². The standard InChI is InChI=1S/C17H19N5O3/c1-25-12-6-4-5-11(9-12)14-10-16(20-19-14)21-17(23)18-13-7-2-3-8-15(13)22(21)24/h2-9,14,16,19-20,24H,10H2,1H3,(H,18,23). The van der Waals surface area contributed by atoms with Crippen LogP contribution in [0.2, 0.25) is 0 Å². The smallest absolute Gasteiger partial charge is 0.344 e. The molecular formula is C17H19N5O3. The molecule has 0 aromatic heterocycles. The monoisotopic (exact) mass is 341 g/mol. The second-order valence-electron chi connectivity index (χ2n) is 5.95. The molecule has 2 aromatic rings. The first-order valence-corrected chi connectivity index (χ1v) is 8.00. The van der Waals surface area contributed by atoms with Gasteiger partial charge in [-0.25, -0.2) is 15.6 Å². The number of amides is 2. The van der Waals surface area contributed by atoms with Crippen molar-refractivity contribution in [1.29, 1.82) is 0 Å². The van der Waals surface area contributed by atoms with Gasteiger partial charge >= 0.3 is 6.03 Å². The summed E-state index contributed by atoms with van der Waals surface area (Å²) in [6, 6.07) is 14.4. The van der Waals surface area contributed by atoms with Crippen LogP contribution in [0.5, 0.6) is 5.75 Å². The van der Waals surface area contributed by atoms with Gasteiger partial charge in [-0.15, -0.1) is 0 Å². The summed E-state index contributed by atoms with van der Waals surface area (Å²) in [6.07, 6.45) is 0.175. The molecule has 130 valence electrons. The van der Waals surface area contributed by atoms with Crippen LogP contribution in [-0.2, 0) is 0 Å². The lowest BCUT2D eigenvalue weighted by atomic mass is 10.0. The number of nitrogens with zero attached hydrogens (tertiary/aromatic N) is 2. The number of para-hydroxylation sites is 2. The van der Waals surface area contributed by atoms with E-state index in [1.54, 1.807) is 31.4 Å². The van der Waals surface area contributed by atoms with Crippen molar-refractivity contribution < 1.29 is 14.7 Å². The van der Waals surface area contributed by atoms with Crippen LogP contribution < -0.4 is 26.1 Å². The molecule has 2 aliphatic heterocycles. The highest BCUT2D eigenvalue weighted by molar-refractivity contribution is 5.97. The molecule has 0 aliphatic carbocycles. The first-order chi connectivity index (χ1) is 12.2. The van der Waals surface area contributed by atoms with E-state index in [0.29, 0.717) is 17.8 Å². The topological polar surface area (TPSA) is 89.1 Å². The zero-order chi connectivity index (χ0) is 17.4. The van der Waals surface area contributed by atoms with E-state index in [0.717, 1.165) is 16.5 Å². The second-order valence-corrected chi connectivity index (χ2v) is 5.95. The number of ether oxygens (including phenoxy) is 1. The van der Waals surface area contributed by atoms with Crippen molar-refractivity contribution in [3.63, 3.8) is 0 Å². The SMILES string of the molecule is COc1cccc(C2CC(N3C(=O)Nc4ccccc4N3O)NN2)c1. The molecule has 0 radical (unpaired) electrons. The molecule has 0 bridgehead atoms. The summed E-state index contributed by atoms with van der Waals surface area (Å²) >= 11 is 0. The second kappa shape index (κ2) is 6.25. The minimum atomic E-state index is -0.408. The van der Waals surface area contributed by atoms with Gasteiger partial charge < -0.3 is 10.1 Å². The summed E-state index contributed by atoms with van der Waals surface area (Å²) in [4.78, 5) is 12.4. The lowest BCUT2D eigenvalue weighted by Gasteiger charge is -2.39. The highest BCUT2D eigenvalue weighted by atomic mass is 16.6. The van der Waals surface area contributed by atoms with E-state index in [2.05, 4.69) is 16.2 Å². The van der Waals surface area contributed by atoms with Gasteiger partial charge in [0.25, 0.3) is 0 Å². The van der Waals surface area contributed by atoms with E-state index in [-0.39, 0.29) is 6.04 Å². The average Bonchev–Trinajstić information content (AvgIpc) is 3.11. The Hall–Kier alpha value is -2.81. The Labute approximate surface area is 144 Å². The van der Waals surface area contributed by atoms with Gasteiger partial charge in [0.15, 0.2) is 0 Å². The quantitative estimate of drug-likeness (QED) is 0.685. The average molecular weight is 341 g/mol. The van der Waals surface area contributed by atoms with Crippen LogP contribution in [0.1, 0.15) is 18.0 Å². The van der Waals surface area contributed by atoms with Gasteiger partial charge in [0, 0.05) is 12.5 Å². The summed E-state index contributed by atoms with van der Waals surface area (Å²) in [5.41, 5.74) is 8.38. The van der Waals surface area contributed by atoms with Crippen LogP contribution in [0.3, 0.4) is 0 Å². The molecule has 2 aromatic carbocycles. The molecule has 0 saturated carbocycles. The number of hydrogen-bond acceptors (Lipinski definition) is 6. The molecule has 8 nitrogen and oxygen atoms in total. The number of hydrazine groups is 2. The van der Waals surface area contributed by atoms with Crippen LogP contribution in [0.25, 0.3) is 0 Å². The van der Waals surface area contributed by atoms with Gasteiger partial charge in [0.1, 0.15) is 17.6 Å². The molecule has 8 heteroatoms. The molecular weight excluding hydrogens is 322 g/mol. The first-order valence-electron chi connectivity index (χ1n) is 8.00. The first kappa shape index (κ1) is 15.7. The normalized spacial score (nSPS) is 22.6. The molecule has 4 N–H and O–H groups in total. The molecule has 1 fully saturated rings. The molecule has 2 heterocycles. The van der Waals surface area contributed by atoms with E-state index in [4.69, 9.17) is 4.74 Å². The van der Waals surface area contributed by atoms with Gasteiger partial charge in [-0.1, -0.05) is 24.3 Å². The molecule has 2 unspecified atom stereocenters. The Morgan fingerprint density at radius 2 is 2.00 bits per heavy atom. The van der Waals surface area contributed by atoms with Crippen molar-refractivity contribution in [2.24, 2.45) is 0 Å². The molecule has 0 spiro atoms. The maximum Gasteiger partial charge on any atom is 0.344 e. The Kier molecular flexibility index (Phi) is 3.92. The lowest BCUT2D eigenvalue weighted by molar-refractivity contribution is 0.0556. The largest absolute Gasteiger partial charge is 0.497 e. The van der Waals surface area contributed by atoms with Gasteiger partial charge in [0.05, 0.1) is 12.8 Å². The number of carbonyl (C=O) groups is 1. The zero-order valence-corrected chi connectivity index (χ0v) is 13.6. The Morgan fingerprint density at radius 1 is 1.16 bits per heavy atom. The third-order valence-corrected chi connectivity index (χ3v) is 4.45. The maximum absolute atomic E-state index is 12.4. The number of benzene rings is 2. The molecule has 2 amide bonds. The van der Waals surface area contributed by atoms with Crippen LogP contribution in [-0.4, -0.2) is 29.5 Å². The molecule has 25 heavy (non-hydrogen) atoms. The summed E-state index contributed by atoms with van der Waals surface area (Å²) in [5.74, 6) is 0.774. The summed E-state index contributed by atoms with van der Waals surface area (Å²) in [7, 11) is 1.63. The van der Waals surface area contributed by atoms with Gasteiger partial charge in [0.2, 0.25) is 0 Å². The van der Waals surface area contributed by atoms with Crippen molar-refractivity contribution in [3.8, 4) is 5.75 Å². The zero-order valence-electron chi connectivity index (χ0n) is 13.6. The van der Waals surface area contributed by atoms with Crippen LogP contribution in [0, 0.1) is 0 Å². The maximum atomic E-state index is 12.4. The van der Waals surface area contributed by atoms with Crippen molar-refractivity contribution in [2.75, 3.05) is 17.6 Å². The summed E-state index contributed by atoms with van der Waals surface area (Å²) < 4.78 is 5.26. The van der Waals surface area contributed by atoms with E-state index in [1.165, 1.54) is 5.01 Å². The number of carbonyl (C=O) groups excluding carboxylic acids is 1. The van der Waals surface area contributed by atoms with Gasteiger partial charge in [-0.2, -0.15) is 10.2 Å². The van der Waals surface area contributed by atoms with Crippen molar-refractivity contribution >= 4 is 17.4 Å². The van der Waals surface area contributed by atoms with Crippen LogP contribution in [0.15, 0.2) is 48.5 Å². The number of rotatable bonds is 3. The molecule has 2 atom stereocenters. The van der Waals surface area contributed by atoms with Crippen LogP contribution in [0.4, 0.5) is 16.2 Å². The summed E-state index contributed by atoms with van der Waals surface area (Å²) in [6.45, 7) is 0. The number of methoxy groups -OCH3 is 1. The van der Waals surface area contributed by atoms with E-state index in [1.807, 2.05) is 24.3 Å². The third kappa shape index (κ3) is 2.76. The number of nitrogens with one attached hydrogen (secondary N) is 3. The number of anilines is 2. The number of hydrogen-bond donors (Lipinski definition) is 4. The van der Waals surface area contributed by atoms with Gasteiger partial charge in [-0.05, 0) is 29.8 Å². The molecule has 2 aliphatic rings. The van der Waals surface area contributed by atoms with Crippen molar-refractivity contribution in [1.82, 2.24) is 15.9 Å². The van der Waals surface area contributed by atoms with E-state index < -0.39 is 12.2 Å². The Bertz CT molecular complexity index is 799. The van der Waals surface area contributed by atoms with E-state index >= 15 is 0 Å². The minimum absolute atomic E-state index is 0.0153. The van der Waals surface area contributed by atoms with Crippen molar-refractivity contribution in [2.45, 2.75) is 18.6 Å². The predicted molar refractivity (Wildman–Crippen MR) is 92.0 cm³/mol. The fourth-order valence-electron chi connectivity index (χ4n) is 3.18. The number of fused-ring (bicyclic) bond motifs is 1. The fourth-order valence-corrected chi connectivity index (χ4v) is 3.18. The highest BCUT2D eigenvalue weighted by Crippen LogP contribution is 2.33. The highest BCUT2D eigenvalue weighted by Gasteiger charge is 2.39. The van der Waals surface area contributed by atoms with Gasteiger partial charge in [-0.3, -0.25) is 5.21 Å².